The third-order valence-corrected chi connectivity index (χ3v) is 6.82. The Morgan fingerprint density at radius 1 is 1.41 bits per heavy atom. The minimum Gasteiger partial charge on any atom is -0.475 e. The van der Waals surface area contributed by atoms with Crippen LogP contribution in [0.15, 0.2) is 29.4 Å². The van der Waals surface area contributed by atoms with E-state index in [1.807, 2.05) is 0 Å². The molecule has 2 aliphatic rings. The van der Waals surface area contributed by atoms with Gasteiger partial charge in [-0.15, -0.1) is 0 Å². The summed E-state index contributed by atoms with van der Waals surface area (Å²) in [5, 5.41) is 7.12. The molecule has 1 atom stereocenters. The molecule has 3 heterocycles. The van der Waals surface area contributed by atoms with Crippen LogP contribution in [0.3, 0.4) is 0 Å². The summed E-state index contributed by atoms with van der Waals surface area (Å²) in [6, 6.07) is 3.25. The minimum absolute atomic E-state index is 0.115. The number of sulfonamides is 1. The average molecular weight is 440 g/mol. The first-order chi connectivity index (χ1) is 13.5. The van der Waals surface area contributed by atoms with Crippen molar-refractivity contribution >= 4 is 16.0 Å². The van der Waals surface area contributed by atoms with Gasteiger partial charge in [0, 0.05) is 32.6 Å². The molecule has 0 saturated carbocycles. The molecule has 0 bridgehead atoms. The number of hydrogen-bond donors (Lipinski definition) is 1. The van der Waals surface area contributed by atoms with Crippen LogP contribution in [0.5, 0.6) is 0 Å². The summed E-state index contributed by atoms with van der Waals surface area (Å²) in [7, 11) is -1.75. The fourth-order valence-corrected chi connectivity index (χ4v) is 4.79. The first-order valence-electron chi connectivity index (χ1n) is 8.81. The average Bonchev–Trinajstić information content (AvgIpc) is 3.05. The Labute approximate surface area is 166 Å². The molecule has 1 aromatic heterocycles. The maximum atomic E-state index is 12.6. The Hall–Kier alpha value is -1.76. The standard InChI is InChI=1S/C15H22N2O4S.C2HF3O2/c1-20-11-13-9-15(12-21-13)4-7-17(8-5-15)22(18,19)14-3-2-6-16-10-14;3-2(4,5)1(6)7/h2-3,6,10,13H,4-5,7-9,11-12H2,1H3;(H,6,7). The second kappa shape index (κ2) is 9.37. The normalized spacial score (nSPS) is 22.1. The quantitative estimate of drug-likeness (QED) is 0.762. The highest BCUT2D eigenvalue weighted by atomic mass is 32.2. The Kier molecular flexibility index (Phi) is 7.60. The number of methoxy groups -OCH3 is 1. The number of piperidine rings is 1. The van der Waals surface area contributed by atoms with Crippen molar-refractivity contribution < 1.29 is 41.0 Å². The maximum Gasteiger partial charge on any atom is 0.490 e. The first kappa shape index (κ1) is 23.5. The third kappa shape index (κ3) is 6.11. The van der Waals surface area contributed by atoms with Crippen molar-refractivity contribution in [1.29, 1.82) is 0 Å². The SMILES string of the molecule is COCC1CC2(CCN(S(=O)(=O)c3cccnc3)CC2)CO1.O=C(O)C(F)(F)F. The highest BCUT2D eigenvalue weighted by Crippen LogP contribution is 2.42. The van der Waals surface area contributed by atoms with E-state index in [9.17, 15) is 21.6 Å². The molecule has 0 aromatic carbocycles. The predicted molar refractivity (Wildman–Crippen MR) is 94.6 cm³/mol. The summed E-state index contributed by atoms with van der Waals surface area (Å²) >= 11 is 0. The number of halogens is 3. The van der Waals surface area contributed by atoms with E-state index < -0.39 is 22.2 Å². The molecule has 29 heavy (non-hydrogen) atoms. The fourth-order valence-electron chi connectivity index (χ4n) is 3.39. The van der Waals surface area contributed by atoms with Crippen LogP contribution in [-0.2, 0) is 24.3 Å². The Morgan fingerprint density at radius 2 is 2.03 bits per heavy atom. The molecule has 0 aliphatic carbocycles. The van der Waals surface area contributed by atoms with Crippen molar-refractivity contribution in [3.05, 3.63) is 24.5 Å². The first-order valence-corrected chi connectivity index (χ1v) is 10.2. The van der Waals surface area contributed by atoms with Crippen LogP contribution >= 0.6 is 0 Å². The maximum absolute atomic E-state index is 12.6. The van der Waals surface area contributed by atoms with Crippen LogP contribution in [-0.4, -0.2) is 74.5 Å². The number of pyridine rings is 1. The van der Waals surface area contributed by atoms with Gasteiger partial charge in [0.1, 0.15) is 4.90 Å². The second-order valence-electron chi connectivity index (χ2n) is 6.99. The van der Waals surface area contributed by atoms with E-state index in [2.05, 4.69) is 4.98 Å². The highest BCUT2D eigenvalue weighted by Gasteiger charge is 2.44. The molecule has 1 aromatic rings. The molecule has 2 saturated heterocycles. The van der Waals surface area contributed by atoms with Gasteiger partial charge in [0.25, 0.3) is 0 Å². The molecular formula is C17H23F3N2O6S. The van der Waals surface area contributed by atoms with E-state index in [1.54, 1.807) is 29.7 Å². The molecule has 2 aliphatic heterocycles. The summed E-state index contributed by atoms with van der Waals surface area (Å²) in [5.74, 6) is -2.76. The molecular weight excluding hydrogens is 417 g/mol. The molecule has 0 radical (unpaired) electrons. The number of aliphatic carboxylic acids is 1. The van der Waals surface area contributed by atoms with E-state index in [1.165, 1.54) is 6.20 Å². The monoisotopic (exact) mass is 440 g/mol. The van der Waals surface area contributed by atoms with E-state index >= 15 is 0 Å². The van der Waals surface area contributed by atoms with Gasteiger partial charge < -0.3 is 14.6 Å². The number of carboxylic acid groups (broad SMARTS) is 1. The Balaban J connectivity index is 0.000000370. The Bertz CT molecular complexity index is 780. The van der Waals surface area contributed by atoms with Crippen LogP contribution in [0, 0.1) is 5.41 Å². The summed E-state index contributed by atoms with van der Waals surface area (Å²) in [4.78, 5) is 13.1. The predicted octanol–water partition coefficient (Wildman–Crippen LogP) is 1.92. The fraction of sp³-hybridized carbons (Fsp3) is 0.647. The van der Waals surface area contributed by atoms with Gasteiger partial charge in [-0.25, -0.2) is 13.2 Å². The lowest BCUT2D eigenvalue weighted by Gasteiger charge is -2.37. The molecule has 164 valence electrons. The van der Waals surface area contributed by atoms with Crippen molar-refractivity contribution in [2.24, 2.45) is 5.41 Å². The molecule has 1 unspecified atom stereocenters. The van der Waals surface area contributed by atoms with Gasteiger partial charge in [0.05, 0.1) is 19.3 Å². The summed E-state index contributed by atoms with van der Waals surface area (Å²) in [6.07, 6.45) is 0.691. The lowest BCUT2D eigenvalue weighted by molar-refractivity contribution is -0.192. The molecule has 0 amide bonds. The number of alkyl halides is 3. The van der Waals surface area contributed by atoms with Gasteiger partial charge in [0.15, 0.2) is 0 Å². The summed E-state index contributed by atoms with van der Waals surface area (Å²) in [6.45, 7) is 2.40. The zero-order chi connectivity index (χ0) is 21.7. The van der Waals surface area contributed by atoms with Crippen LogP contribution in [0.4, 0.5) is 13.2 Å². The van der Waals surface area contributed by atoms with Crippen molar-refractivity contribution in [2.75, 3.05) is 33.4 Å². The van der Waals surface area contributed by atoms with Gasteiger partial charge in [-0.3, -0.25) is 4.98 Å². The number of rotatable bonds is 4. The third-order valence-electron chi connectivity index (χ3n) is 4.94. The minimum atomic E-state index is -5.08. The van der Waals surface area contributed by atoms with Crippen LogP contribution in [0.1, 0.15) is 19.3 Å². The molecule has 1 spiro atoms. The van der Waals surface area contributed by atoms with Crippen LogP contribution in [0.2, 0.25) is 0 Å². The molecule has 1 N–H and O–H groups in total. The van der Waals surface area contributed by atoms with Crippen molar-refractivity contribution in [3.63, 3.8) is 0 Å². The van der Waals surface area contributed by atoms with Gasteiger partial charge in [-0.05, 0) is 36.8 Å². The van der Waals surface area contributed by atoms with Gasteiger partial charge in [-0.2, -0.15) is 17.5 Å². The molecule has 3 rings (SSSR count). The van der Waals surface area contributed by atoms with Gasteiger partial charge >= 0.3 is 12.1 Å². The van der Waals surface area contributed by atoms with Crippen molar-refractivity contribution in [2.45, 2.75) is 36.4 Å². The van der Waals surface area contributed by atoms with E-state index in [0.29, 0.717) is 26.3 Å². The molecule has 2 fully saturated rings. The van der Waals surface area contributed by atoms with E-state index in [4.69, 9.17) is 19.4 Å². The number of ether oxygens (including phenoxy) is 2. The Morgan fingerprint density at radius 3 is 2.52 bits per heavy atom. The highest BCUT2D eigenvalue weighted by molar-refractivity contribution is 7.89. The topological polar surface area (TPSA) is 106 Å². The number of carboxylic acids is 1. The smallest absolute Gasteiger partial charge is 0.475 e. The van der Waals surface area contributed by atoms with Gasteiger partial charge in [0.2, 0.25) is 10.0 Å². The second-order valence-corrected chi connectivity index (χ2v) is 8.93. The van der Waals surface area contributed by atoms with E-state index in [-0.39, 0.29) is 16.4 Å². The number of carbonyl (C=O) groups is 1. The lowest BCUT2D eigenvalue weighted by Crippen LogP contribution is -2.43. The zero-order valence-electron chi connectivity index (χ0n) is 15.8. The largest absolute Gasteiger partial charge is 0.490 e. The van der Waals surface area contributed by atoms with Crippen LogP contribution in [0.25, 0.3) is 0 Å². The number of hydrogen-bond acceptors (Lipinski definition) is 6. The van der Waals surface area contributed by atoms with Crippen molar-refractivity contribution in [3.8, 4) is 0 Å². The lowest BCUT2D eigenvalue weighted by atomic mass is 9.77. The summed E-state index contributed by atoms with van der Waals surface area (Å²) < 4.78 is 69.4. The molecule has 12 heteroatoms. The van der Waals surface area contributed by atoms with Gasteiger partial charge in [-0.1, -0.05) is 0 Å². The molecule has 8 nitrogen and oxygen atoms in total. The number of nitrogens with zero attached hydrogens (tertiary/aromatic N) is 2. The van der Waals surface area contributed by atoms with Crippen molar-refractivity contribution in [1.82, 2.24) is 9.29 Å². The zero-order valence-corrected chi connectivity index (χ0v) is 16.6. The number of aromatic nitrogens is 1. The van der Waals surface area contributed by atoms with E-state index in [0.717, 1.165) is 19.3 Å². The summed E-state index contributed by atoms with van der Waals surface area (Å²) in [5.41, 5.74) is 0.115. The van der Waals surface area contributed by atoms with Crippen LogP contribution < -0.4 is 0 Å².